The molecule has 21 heteroatoms. The highest BCUT2D eigenvalue weighted by Gasteiger charge is 2.79. The minimum absolute atomic E-state index is 0.0144. The number of Topliss-reactive ketones (excluding diaryl/α,β-unsaturated/α-hetero) is 1. The molecule has 3 fully saturated rings. The van der Waals surface area contributed by atoms with Crippen molar-refractivity contribution >= 4 is 112 Å². The fraction of sp³-hybridized carbons (Fsp3) is 0.500. The maximum absolute atomic E-state index is 16.1. The maximum atomic E-state index is 16.1. The van der Waals surface area contributed by atoms with Gasteiger partial charge in [0.25, 0.3) is 0 Å². The van der Waals surface area contributed by atoms with Crippen LogP contribution in [0.25, 0.3) is 6.08 Å². The van der Waals surface area contributed by atoms with E-state index in [1.165, 1.54) is 45.9 Å². The van der Waals surface area contributed by atoms with Crippen LogP contribution >= 0.6 is 69.6 Å². The summed E-state index contributed by atoms with van der Waals surface area (Å²) >= 11 is 35.2. The number of alkyl halides is 6. The summed E-state index contributed by atoms with van der Waals surface area (Å²) in [6, 6.07) is 16.5. The Hall–Kier alpha value is -3.80. The Kier molecular flexibility index (Phi) is 14.8. The van der Waals surface area contributed by atoms with Crippen molar-refractivity contribution in [2.75, 3.05) is 19.8 Å². The fourth-order valence-electron chi connectivity index (χ4n) is 9.47. The molecule has 1 aliphatic heterocycles. The molecule has 1 N–H and O–H groups in total. The fourth-order valence-corrected chi connectivity index (χ4v) is 9.80. The van der Waals surface area contributed by atoms with Crippen LogP contribution in [0.15, 0.2) is 77.9 Å². The van der Waals surface area contributed by atoms with Crippen molar-refractivity contribution in [2.45, 2.75) is 96.8 Å². The van der Waals surface area contributed by atoms with Gasteiger partial charge in [-0.05, 0) is 48.8 Å². The van der Waals surface area contributed by atoms with E-state index in [-0.39, 0.29) is 23.1 Å². The number of carbonyl (C=O) groups is 6. The Morgan fingerprint density at radius 1 is 0.846 bits per heavy atom. The van der Waals surface area contributed by atoms with Crippen LogP contribution in [0.4, 0.5) is 9.59 Å². The molecular weight excluding hydrogens is 983 g/mol. The lowest BCUT2D eigenvalue weighted by molar-refractivity contribution is -0.346. The number of esters is 3. The van der Waals surface area contributed by atoms with Crippen molar-refractivity contribution < 1.29 is 71.8 Å². The first-order valence-electron chi connectivity index (χ1n) is 20.0. The van der Waals surface area contributed by atoms with E-state index in [9.17, 15) is 29.1 Å². The van der Waals surface area contributed by atoms with Crippen molar-refractivity contribution in [3.05, 3.63) is 89.0 Å². The van der Waals surface area contributed by atoms with Crippen LogP contribution in [-0.2, 0) is 52.3 Å². The molecule has 0 spiro atoms. The van der Waals surface area contributed by atoms with Gasteiger partial charge >= 0.3 is 30.2 Å². The Balaban J connectivity index is 1.62. The molecule has 0 amide bonds. The molecule has 6 rings (SSSR count). The average molecular weight is 1030 g/mol. The van der Waals surface area contributed by atoms with Crippen LogP contribution in [0.2, 0.25) is 0 Å². The summed E-state index contributed by atoms with van der Waals surface area (Å²) in [5, 5.41) is 13.8. The number of hydrogen-bond donors (Lipinski definition) is 1. The molecule has 9 atom stereocenters. The van der Waals surface area contributed by atoms with Crippen molar-refractivity contribution in [1.29, 1.82) is 0 Å². The van der Waals surface area contributed by atoms with Crippen molar-refractivity contribution in [3.63, 3.8) is 0 Å². The molecule has 0 unspecified atom stereocenters. The number of rotatable bonds is 10. The third-order valence-corrected chi connectivity index (χ3v) is 13.2. The van der Waals surface area contributed by atoms with Crippen molar-refractivity contribution in [1.82, 2.24) is 0 Å². The Labute approximate surface area is 403 Å². The summed E-state index contributed by atoms with van der Waals surface area (Å²) in [5.41, 5.74) is -7.82. The van der Waals surface area contributed by atoms with Gasteiger partial charge in [-0.15, -0.1) is 0 Å². The predicted octanol–water partition coefficient (Wildman–Crippen LogP) is 8.41. The van der Waals surface area contributed by atoms with Gasteiger partial charge in [-0.2, -0.15) is 0 Å². The molecule has 352 valence electrons. The topological polar surface area (TPSA) is 196 Å². The van der Waals surface area contributed by atoms with E-state index in [2.05, 4.69) is 0 Å². The third-order valence-electron chi connectivity index (χ3n) is 12.5. The maximum Gasteiger partial charge on any atom is 0.509 e. The summed E-state index contributed by atoms with van der Waals surface area (Å²) < 4.78 is 42.3. The summed E-state index contributed by atoms with van der Waals surface area (Å²) in [6.45, 7) is 4.83. The Bertz CT molecular complexity index is 2240. The van der Waals surface area contributed by atoms with Crippen LogP contribution in [0.1, 0.15) is 63.4 Å². The normalized spacial score (nSPS) is 30.6. The predicted molar refractivity (Wildman–Crippen MR) is 236 cm³/mol. The molecule has 3 aliphatic carbocycles. The van der Waals surface area contributed by atoms with E-state index in [4.69, 9.17) is 108 Å². The molecule has 0 radical (unpaired) electrons. The smallest absolute Gasteiger partial charge is 0.455 e. The molecule has 15 nitrogen and oxygen atoms in total. The number of halogens is 6. The first-order valence-corrected chi connectivity index (χ1v) is 22.3. The molecule has 1 heterocycles. The third kappa shape index (κ3) is 10.4. The first-order chi connectivity index (χ1) is 30.2. The monoisotopic (exact) mass is 1020 g/mol. The first kappa shape index (κ1) is 50.6. The van der Waals surface area contributed by atoms with Crippen LogP contribution in [0.3, 0.4) is 0 Å². The molecule has 2 aromatic carbocycles. The molecule has 0 aromatic heterocycles. The number of ketones is 1. The average Bonchev–Trinajstić information content (AvgIpc) is 3.22. The highest BCUT2D eigenvalue weighted by molar-refractivity contribution is 6.68. The van der Waals surface area contributed by atoms with E-state index in [0.29, 0.717) is 5.56 Å². The van der Waals surface area contributed by atoms with Crippen LogP contribution in [0, 0.1) is 16.7 Å². The molecule has 2 saturated carbocycles. The number of ether oxygens (including phenoxy) is 8. The lowest BCUT2D eigenvalue weighted by Gasteiger charge is -2.67. The lowest BCUT2D eigenvalue weighted by atomic mass is 9.44. The number of aliphatic hydroxyl groups is 1. The zero-order valence-corrected chi connectivity index (χ0v) is 39.9. The van der Waals surface area contributed by atoms with Gasteiger partial charge in [-0.3, -0.25) is 9.59 Å². The SMILES string of the molecule is CC(=O)O[C@@]12CO[C@@H]1C[C@H](OC(=O)OCC(Cl)(Cl)Cl)[C@@]1(C)C(=O)[C@H](OC(=O)OCC(Cl)(Cl)Cl)C3=C(C)[C@@H](OC(=O)/C=[14CH]/c4ccccc4)C[C@@](O)([C@@H](OC(=O)c4ccccc4)[C@H]21)C3(C)C. The summed E-state index contributed by atoms with van der Waals surface area (Å²) in [5.74, 6) is -5.53. The van der Waals surface area contributed by atoms with Gasteiger partial charge in [-0.1, -0.05) is 132 Å². The molecule has 4 aliphatic rings. The number of benzene rings is 2. The van der Waals surface area contributed by atoms with Gasteiger partial charge in [-0.25, -0.2) is 19.2 Å². The van der Waals surface area contributed by atoms with Gasteiger partial charge in [0.05, 0.1) is 23.5 Å². The second-order valence-corrected chi connectivity index (χ2v) is 21.9. The minimum atomic E-state index is -2.47. The van der Waals surface area contributed by atoms with Gasteiger partial charge in [0, 0.05) is 31.3 Å². The van der Waals surface area contributed by atoms with E-state index in [1.807, 2.05) is 0 Å². The molecule has 65 heavy (non-hydrogen) atoms. The summed E-state index contributed by atoms with van der Waals surface area (Å²) in [6.07, 6.45) is -9.55. The summed E-state index contributed by atoms with van der Waals surface area (Å²) in [4.78, 5) is 84.5. The highest BCUT2D eigenvalue weighted by atomic mass is 35.6. The zero-order valence-electron chi connectivity index (χ0n) is 35.4. The van der Waals surface area contributed by atoms with E-state index < -0.39 is 128 Å². The van der Waals surface area contributed by atoms with Crippen LogP contribution in [-0.4, -0.2) is 110 Å². The van der Waals surface area contributed by atoms with Gasteiger partial charge in [0.15, 0.2) is 17.5 Å². The number of carbonyl (C=O) groups excluding carboxylic acids is 6. The second-order valence-electron chi connectivity index (χ2n) is 16.8. The van der Waals surface area contributed by atoms with Gasteiger partial charge in [0.1, 0.15) is 43.2 Å². The van der Waals surface area contributed by atoms with Gasteiger partial charge < -0.3 is 43.0 Å². The van der Waals surface area contributed by atoms with Gasteiger partial charge in [0.2, 0.25) is 7.59 Å². The minimum Gasteiger partial charge on any atom is -0.455 e. The lowest BCUT2D eigenvalue weighted by Crippen LogP contribution is -2.82. The second kappa shape index (κ2) is 19.1. The van der Waals surface area contributed by atoms with Crippen LogP contribution in [0.5, 0.6) is 0 Å². The summed E-state index contributed by atoms with van der Waals surface area (Å²) in [7, 11) is 0. The largest absolute Gasteiger partial charge is 0.509 e. The molecule has 1 saturated heterocycles. The van der Waals surface area contributed by atoms with Crippen LogP contribution < -0.4 is 0 Å². The number of fused-ring (bicyclic) bond motifs is 5. The zero-order chi connectivity index (χ0) is 47.9. The van der Waals surface area contributed by atoms with E-state index in [1.54, 1.807) is 48.5 Å². The Morgan fingerprint density at radius 3 is 1.95 bits per heavy atom. The molecule has 2 bridgehead atoms. The van der Waals surface area contributed by atoms with E-state index >= 15 is 4.79 Å². The quantitative estimate of drug-likeness (QED) is 0.0782. The molecule has 2 aromatic rings. The van der Waals surface area contributed by atoms with E-state index in [0.717, 1.165) is 13.0 Å². The highest BCUT2D eigenvalue weighted by Crippen LogP contribution is 2.65. The standard InChI is InChI=1S/C44H44Cl6O15/c1-23-27(61-30(52)17-16-25-12-8-6-9-13-25)19-42(57)35(64-36(54)26-14-10-7-11-15-26)33-40(5,34(53)32(31(23)39(42,3)4)63-38(56)60-22-44(48,49)50)28(62-37(55)59-21-43(45,46)47)18-29-41(33,20-58-29)65-24(2)51/h6-17,27-29,32-33,35,57H,18-22H2,1-5H3/b17-16+/t27-,28-,29+,32+,33-,35-,40+,41-,42+/m0/s1/i16+2. The van der Waals surface area contributed by atoms with Crippen molar-refractivity contribution in [2.24, 2.45) is 16.7 Å². The van der Waals surface area contributed by atoms with Crippen molar-refractivity contribution in [3.8, 4) is 0 Å². The Morgan fingerprint density at radius 2 is 1.42 bits per heavy atom. The number of hydrogen-bond acceptors (Lipinski definition) is 15. The molecular formula is C44H44Cl6O15.